The van der Waals surface area contributed by atoms with E-state index < -0.39 is 0 Å². The van der Waals surface area contributed by atoms with E-state index in [0.29, 0.717) is 12.3 Å². The lowest BCUT2D eigenvalue weighted by molar-refractivity contribution is -0.122. The number of carbonyl (C=O) groups is 1. The number of hydrogen-bond acceptors (Lipinski definition) is 3. The lowest BCUT2D eigenvalue weighted by atomic mass is 10.0. The Morgan fingerprint density at radius 1 is 1.31 bits per heavy atom. The van der Waals surface area contributed by atoms with Crippen molar-refractivity contribution in [2.75, 3.05) is 34.2 Å². The maximum absolute atomic E-state index is 11.7. The number of likely N-dealkylation sites (N-methyl/N-ethyl adjacent to an activating group) is 1. The molecule has 0 radical (unpaired) electrons. The summed E-state index contributed by atoms with van der Waals surface area (Å²) in [7, 11) is 5.96. The SMILES string of the molecule is CNCCCC(=O)NC(CN(C)C)C(C)C. The molecule has 0 saturated carbocycles. The third kappa shape index (κ3) is 7.65. The normalized spacial score (nSPS) is 13.2. The Morgan fingerprint density at radius 3 is 2.38 bits per heavy atom. The summed E-state index contributed by atoms with van der Waals surface area (Å²) in [5, 5.41) is 6.14. The monoisotopic (exact) mass is 229 g/mol. The van der Waals surface area contributed by atoms with Gasteiger partial charge in [0.15, 0.2) is 0 Å². The Labute approximate surface area is 99.8 Å². The van der Waals surface area contributed by atoms with Crippen LogP contribution in [-0.2, 0) is 4.79 Å². The summed E-state index contributed by atoms with van der Waals surface area (Å²) >= 11 is 0. The van der Waals surface area contributed by atoms with E-state index in [0.717, 1.165) is 19.5 Å². The molecule has 0 aliphatic heterocycles. The van der Waals surface area contributed by atoms with E-state index in [-0.39, 0.29) is 11.9 Å². The van der Waals surface area contributed by atoms with Crippen molar-refractivity contribution in [1.29, 1.82) is 0 Å². The molecule has 1 amide bonds. The van der Waals surface area contributed by atoms with E-state index in [1.807, 2.05) is 21.1 Å². The Kier molecular flexibility index (Phi) is 8.21. The van der Waals surface area contributed by atoms with E-state index in [1.54, 1.807) is 0 Å². The highest BCUT2D eigenvalue weighted by atomic mass is 16.1. The molecular weight excluding hydrogens is 202 g/mol. The number of amides is 1. The molecular formula is C12H27N3O. The number of nitrogens with zero attached hydrogens (tertiary/aromatic N) is 1. The molecule has 0 aliphatic carbocycles. The fourth-order valence-electron chi connectivity index (χ4n) is 1.52. The highest BCUT2D eigenvalue weighted by molar-refractivity contribution is 5.76. The van der Waals surface area contributed by atoms with Crippen molar-refractivity contribution in [2.24, 2.45) is 5.92 Å². The number of hydrogen-bond donors (Lipinski definition) is 2. The fourth-order valence-corrected chi connectivity index (χ4v) is 1.52. The predicted molar refractivity (Wildman–Crippen MR) is 68.5 cm³/mol. The smallest absolute Gasteiger partial charge is 0.220 e. The molecule has 0 aliphatic rings. The molecule has 2 N–H and O–H groups in total. The van der Waals surface area contributed by atoms with Gasteiger partial charge in [-0.3, -0.25) is 4.79 Å². The highest BCUT2D eigenvalue weighted by Gasteiger charge is 2.16. The first kappa shape index (κ1) is 15.4. The molecule has 96 valence electrons. The Hall–Kier alpha value is -0.610. The topological polar surface area (TPSA) is 44.4 Å². The van der Waals surface area contributed by atoms with Crippen molar-refractivity contribution in [3.05, 3.63) is 0 Å². The van der Waals surface area contributed by atoms with Crippen LogP contribution in [0, 0.1) is 5.92 Å². The average molecular weight is 229 g/mol. The third-order valence-corrected chi connectivity index (χ3v) is 2.54. The Morgan fingerprint density at radius 2 is 1.94 bits per heavy atom. The molecule has 0 aromatic rings. The summed E-state index contributed by atoms with van der Waals surface area (Å²) in [5.41, 5.74) is 0. The zero-order chi connectivity index (χ0) is 12.6. The first-order valence-corrected chi connectivity index (χ1v) is 6.06. The van der Waals surface area contributed by atoms with Crippen LogP contribution in [0.2, 0.25) is 0 Å². The Balaban J connectivity index is 3.93. The van der Waals surface area contributed by atoms with Crippen LogP contribution < -0.4 is 10.6 Å². The molecule has 0 aromatic carbocycles. The van der Waals surface area contributed by atoms with Gasteiger partial charge >= 0.3 is 0 Å². The lowest BCUT2D eigenvalue weighted by Gasteiger charge is -2.25. The number of carbonyl (C=O) groups excluding carboxylic acids is 1. The molecule has 4 heteroatoms. The van der Waals surface area contributed by atoms with Gasteiger partial charge in [0.1, 0.15) is 0 Å². The zero-order valence-corrected chi connectivity index (χ0v) is 11.3. The van der Waals surface area contributed by atoms with Crippen molar-refractivity contribution >= 4 is 5.91 Å². The third-order valence-electron chi connectivity index (χ3n) is 2.54. The van der Waals surface area contributed by atoms with Crippen LogP contribution in [0.5, 0.6) is 0 Å². The van der Waals surface area contributed by atoms with Crippen LogP contribution in [-0.4, -0.2) is 51.1 Å². The molecule has 0 heterocycles. The van der Waals surface area contributed by atoms with E-state index in [1.165, 1.54) is 0 Å². The molecule has 1 atom stereocenters. The quantitative estimate of drug-likeness (QED) is 0.602. The summed E-state index contributed by atoms with van der Waals surface area (Å²) in [6, 6.07) is 0.247. The Bertz CT molecular complexity index is 193. The molecule has 0 aromatic heterocycles. The van der Waals surface area contributed by atoms with Crippen LogP contribution >= 0.6 is 0 Å². The first-order valence-electron chi connectivity index (χ1n) is 6.06. The molecule has 1 unspecified atom stereocenters. The van der Waals surface area contributed by atoms with Gasteiger partial charge in [0.25, 0.3) is 0 Å². The highest BCUT2D eigenvalue weighted by Crippen LogP contribution is 2.03. The van der Waals surface area contributed by atoms with Gasteiger partial charge in [0.2, 0.25) is 5.91 Å². The van der Waals surface area contributed by atoms with Crippen molar-refractivity contribution in [2.45, 2.75) is 32.7 Å². The van der Waals surface area contributed by atoms with Crippen molar-refractivity contribution in [3.63, 3.8) is 0 Å². The summed E-state index contributed by atoms with van der Waals surface area (Å²) < 4.78 is 0. The van der Waals surface area contributed by atoms with Crippen molar-refractivity contribution < 1.29 is 4.79 Å². The summed E-state index contributed by atoms with van der Waals surface area (Å²) in [6.07, 6.45) is 1.51. The maximum Gasteiger partial charge on any atom is 0.220 e. The second kappa shape index (κ2) is 8.53. The van der Waals surface area contributed by atoms with Gasteiger partial charge in [0, 0.05) is 19.0 Å². The summed E-state index contributed by atoms with van der Waals surface area (Å²) in [5.74, 6) is 0.631. The van der Waals surface area contributed by atoms with E-state index in [2.05, 4.69) is 29.4 Å². The molecule has 0 fully saturated rings. The van der Waals surface area contributed by atoms with Gasteiger partial charge < -0.3 is 15.5 Å². The van der Waals surface area contributed by atoms with E-state index >= 15 is 0 Å². The van der Waals surface area contributed by atoms with Gasteiger partial charge in [0.05, 0.1) is 0 Å². The number of rotatable bonds is 8. The van der Waals surface area contributed by atoms with E-state index in [9.17, 15) is 4.79 Å². The summed E-state index contributed by atoms with van der Waals surface area (Å²) in [6.45, 7) is 6.08. The van der Waals surface area contributed by atoms with Gasteiger partial charge in [-0.05, 0) is 40.0 Å². The predicted octanol–water partition coefficient (Wildman–Crippen LogP) is 0.688. The van der Waals surface area contributed by atoms with Crippen LogP contribution in [0.25, 0.3) is 0 Å². The van der Waals surface area contributed by atoms with Crippen LogP contribution in [0.3, 0.4) is 0 Å². The van der Waals surface area contributed by atoms with E-state index in [4.69, 9.17) is 0 Å². The molecule has 4 nitrogen and oxygen atoms in total. The van der Waals surface area contributed by atoms with Gasteiger partial charge in [-0.25, -0.2) is 0 Å². The molecule has 0 rings (SSSR count). The van der Waals surface area contributed by atoms with Crippen LogP contribution in [0.4, 0.5) is 0 Å². The average Bonchev–Trinajstić information content (AvgIpc) is 2.16. The largest absolute Gasteiger partial charge is 0.352 e. The van der Waals surface area contributed by atoms with Gasteiger partial charge in [-0.15, -0.1) is 0 Å². The minimum Gasteiger partial charge on any atom is -0.352 e. The van der Waals surface area contributed by atoms with Gasteiger partial charge in [-0.1, -0.05) is 13.8 Å². The minimum atomic E-state index is 0.163. The van der Waals surface area contributed by atoms with Crippen LogP contribution in [0.15, 0.2) is 0 Å². The maximum atomic E-state index is 11.7. The fraction of sp³-hybridized carbons (Fsp3) is 0.917. The number of nitrogens with one attached hydrogen (secondary N) is 2. The standard InChI is InChI=1S/C12H27N3O/c1-10(2)11(9-15(4)5)14-12(16)7-6-8-13-3/h10-11,13H,6-9H2,1-5H3,(H,14,16). The molecule has 0 bridgehead atoms. The second-order valence-electron chi connectivity index (χ2n) is 4.89. The molecule has 0 saturated heterocycles. The zero-order valence-electron chi connectivity index (χ0n) is 11.3. The molecule has 16 heavy (non-hydrogen) atoms. The summed E-state index contributed by atoms with van der Waals surface area (Å²) in [4.78, 5) is 13.8. The minimum absolute atomic E-state index is 0.163. The lowest BCUT2D eigenvalue weighted by Crippen LogP contribution is -2.45. The second-order valence-corrected chi connectivity index (χ2v) is 4.89. The first-order chi connectivity index (χ1) is 7.47. The van der Waals surface area contributed by atoms with Crippen LogP contribution in [0.1, 0.15) is 26.7 Å². The van der Waals surface area contributed by atoms with Gasteiger partial charge in [-0.2, -0.15) is 0 Å². The molecule has 0 spiro atoms. The van der Waals surface area contributed by atoms with Crippen molar-refractivity contribution in [3.8, 4) is 0 Å². The van der Waals surface area contributed by atoms with Crippen molar-refractivity contribution in [1.82, 2.24) is 15.5 Å².